The summed E-state index contributed by atoms with van der Waals surface area (Å²) in [6, 6.07) is 10.7. The van der Waals surface area contributed by atoms with Crippen LogP contribution < -0.4 is 5.32 Å². The third-order valence-electron chi connectivity index (χ3n) is 4.31. The van der Waals surface area contributed by atoms with E-state index in [4.69, 9.17) is 8.94 Å². The number of hydrogen-bond donors (Lipinski definition) is 1. The Hall–Kier alpha value is -3.60. The van der Waals surface area contributed by atoms with Crippen molar-refractivity contribution in [3.05, 3.63) is 71.4 Å². The van der Waals surface area contributed by atoms with E-state index >= 15 is 0 Å². The van der Waals surface area contributed by atoms with Crippen molar-refractivity contribution in [2.24, 2.45) is 0 Å². The van der Waals surface area contributed by atoms with E-state index in [-0.39, 0.29) is 24.4 Å². The zero-order valence-corrected chi connectivity index (χ0v) is 17.7. The second-order valence-electron chi connectivity index (χ2n) is 6.80. The normalized spacial score (nSPS) is 11.0. The number of anilines is 1. The van der Waals surface area contributed by atoms with Crippen LogP contribution in [0.1, 0.15) is 23.7 Å². The monoisotopic (exact) mass is 457 g/mol. The van der Waals surface area contributed by atoms with Gasteiger partial charge in [-0.25, -0.2) is 8.78 Å². The average Bonchev–Trinajstić information content (AvgIpc) is 3.43. The predicted molar refractivity (Wildman–Crippen MR) is 112 cm³/mol. The van der Waals surface area contributed by atoms with Crippen LogP contribution in [0.25, 0.3) is 11.5 Å². The van der Waals surface area contributed by atoms with E-state index in [9.17, 15) is 13.6 Å². The molecular formula is C21H17F2N5O3S. The van der Waals surface area contributed by atoms with Crippen LogP contribution in [0.15, 0.2) is 56.6 Å². The first-order chi connectivity index (χ1) is 15.5. The van der Waals surface area contributed by atoms with E-state index in [1.54, 1.807) is 0 Å². The Labute approximate surface area is 185 Å². The highest BCUT2D eigenvalue weighted by Gasteiger charge is 2.14. The van der Waals surface area contributed by atoms with Gasteiger partial charge in [0.15, 0.2) is 5.82 Å². The predicted octanol–water partition coefficient (Wildman–Crippen LogP) is 4.57. The van der Waals surface area contributed by atoms with E-state index in [0.29, 0.717) is 28.8 Å². The maximum Gasteiger partial charge on any atom is 0.277 e. The van der Waals surface area contributed by atoms with Crippen LogP contribution in [0.4, 0.5) is 14.5 Å². The molecule has 0 fully saturated rings. The van der Waals surface area contributed by atoms with Crippen molar-refractivity contribution in [3.8, 4) is 11.5 Å². The summed E-state index contributed by atoms with van der Waals surface area (Å²) in [6.07, 6.45) is 0.166. The molecule has 0 spiro atoms. The fourth-order valence-electron chi connectivity index (χ4n) is 2.68. The minimum Gasteiger partial charge on any atom is -0.411 e. The average molecular weight is 457 g/mol. The smallest absolute Gasteiger partial charge is 0.277 e. The zero-order chi connectivity index (χ0) is 22.5. The molecule has 0 saturated heterocycles. The maximum atomic E-state index is 13.6. The van der Waals surface area contributed by atoms with Crippen LogP contribution in [-0.2, 0) is 17.0 Å². The molecule has 0 aliphatic rings. The molecule has 0 unspecified atom stereocenters. The van der Waals surface area contributed by atoms with Gasteiger partial charge in [-0.2, -0.15) is 4.98 Å². The number of halogens is 2. The fourth-order valence-corrected chi connectivity index (χ4v) is 3.29. The second kappa shape index (κ2) is 9.69. The summed E-state index contributed by atoms with van der Waals surface area (Å²) in [5.41, 5.74) is 1.87. The summed E-state index contributed by atoms with van der Waals surface area (Å²) in [5.74, 6) is -0.590. The summed E-state index contributed by atoms with van der Waals surface area (Å²) >= 11 is 1.26. The topological polar surface area (TPSA) is 107 Å². The van der Waals surface area contributed by atoms with Crippen molar-refractivity contribution in [3.63, 3.8) is 0 Å². The van der Waals surface area contributed by atoms with E-state index < -0.39 is 17.5 Å². The van der Waals surface area contributed by atoms with E-state index in [1.165, 1.54) is 11.8 Å². The molecule has 2 heterocycles. The van der Waals surface area contributed by atoms with Crippen LogP contribution in [0.5, 0.6) is 0 Å². The number of carbonyl (C=O) groups excluding carboxylic acids is 1. The number of nitrogens with zero attached hydrogens (tertiary/aromatic N) is 4. The molecule has 0 atom stereocenters. The van der Waals surface area contributed by atoms with Gasteiger partial charge < -0.3 is 14.3 Å². The van der Waals surface area contributed by atoms with Gasteiger partial charge in [0.25, 0.3) is 5.22 Å². The van der Waals surface area contributed by atoms with Gasteiger partial charge in [0.1, 0.15) is 11.6 Å². The highest BCUT2D eigenvalue weighted by Crippen LogP contribution is 2.25. The van der Waals surface area contributed by atoms with Crippen LogP contribution in [0.3, 0.4) is 0 Å². The first-order valence-corrected chi connectivity index (χ1v) is 10.5. The third-order valence-corrected chi connectivity index (χ3v) is 5.13. The Morgan fingerprint density at radius 3 is 2.72 bits per heavy atom. The van der Waals surface area contributed by atoms with Crippen molar-refractivity contribution in [2.45, 2.75) is 30.7 Å². The highest BCUT2D eigenvalue weighted by molar-refractivity contribution is 7.98. The summed E-state index contributed by atoms with van der Waals surface area (Å²) in [4.78, 5) is 16.2. The van der Waals surface area contributed by atoms with E-state index in [0.717, 1.165) is 23.3 Å². The lowest BCUT2D eigenvalue weighted by molar-refractivity contribution is -0.116. The summed E-state index contributed by atoms with van der Waals surface area (Å²) in [6.45, 7) is 2.00. The molecule has 164 valence electrons. The van der Waals surface area contributed by atoms with Crippen molar-refractivity contribution in [1.82, 2.24) is 20.3 Å². The molecular weight excluding hydrogens is 440 g/mol. The lowest BCUT2D eigenvalue weighted by Gasteiger charge is -2.05. The molecule has 11 heteroatoms. The number of aromatic nitrogens is 4. The van der Waals surface area contributed by atoms with E-state index in [2.05, 4.69) is 25.7 Å². The molecule has 0 aliphatic carbocycles. The summed E-state index contributed by atoms with van der Waals surface area (Å²) in [5, 5.41) is 14.6. The van der Waals surface area contributed by atoms with Gasteiger partial charge in [-0.3, -0.25) is 4.79 Å². The Morgan fingerprint density at radius 1 is 1.12 bits per heavy atom. The number of nitrogens with one attached hydrogen (secondary N) is 1. The van der Waals surface area contributed by atoms with Gasteiger partial charge in [0.2, 0.25) is 17.7 Å². The zero-order valence-electron chi connectivity index (χ0n) is 16.8. The Kier molecular flexibility index (Phi) is 6.55. The summed E-state index contributed by atoms with van der Waals surface area (Å²) in [7, 11) is 0. The molecule has 0 radical (unpaired) electrons. The summed E-state index contributed by atoms with van der Waals surface area (Å²) < 4.78 is 37.3. The van der Waals surface area contributed by atoms with Gasteiger partial charge >= 0.3 is 0 Å². The largest absolute Gasteiger partial charge is 0.411 e. The minimum absolute atomic E-state index is 0.00480. The second-order valence-corrected chi connectivity index (χ2v) is 7.73. The number of benzene rings is 2. The van der Waals surface area contributed by atoms with Crippen LogP contribution >= 0.6 is 11.8 Å². The van der Waals surface area contributed by atoms with Gasteiger partial charge in [-0.1, -0.05) is 34.6 Å². The number of hydrogen-bond acceptors (Lipinski definition) is 8. The Morgan fingerprint density at radius 2 is 1.94 bits per heavy atom. The standard InChI is InChI=1S/C21H17F2N5O3S/c1-12-2-4-13(5-3-12)20-26-27-21(30-20)32-11-17-25-19(31-28-17)9-8-18(29)24-16-7-6-14(22)10-15(16)23/h2-7,10H,8-9,11H2,1H3,(H,24,29). The quantitative estimate of drug-likeness (QED) is 0.384. The van der Waals surface area contributed by atoms with Gasteiger partial charge in [-0.05, 0) is 31.2 Å². The van der Waals surface area contributed by atoms with Gasteiger partial charge in [-0.15, -0.1) is 10.2 Å². The molecule has 0 aliphatic heterocycles. The highest BCUT2D eigenvalue weighted by atomic mass is 32.2. The molecule has 0 saturated carbocycles. The number of rotatable bonds is 8. The molecule has 2 aromatic carbocycles. The van der Waals surface area contributed by atoms with Crippen molar-refractivity contribution >= 4 is 23.4 Å². The molecule has 32 heavy (non-hydrogen) atoms. The molecule has 1 amide bonds. The molecule has 1 N–H and O–H groups in total. The molecule has 4 aromatic rings. The first-order valence-electron chi connectivity index (χ1n) is 9.56. The number of thioether (sulfide) groups is 1. The van der Waals surface area contributed by atoms with Crippen molar-refractivity contribution in [1.29, 1.82) is 0 Å². The van der Waals surface area contributed by atoms with Gasteiger partial charge in [0.05, 0.1) is 11.4 Å². The third kappa shape index (κ3) is 5.55. The Balaban J connectivity index is 1.26. The van der Waals surface area contributed by atoms with Crippen molar-refractivity contribution < 1.29 is 22.5 Å². The maximum absolute atomic E-state index is 13.6. The van der Waals surface area contributed by atoms with Crippen LogP contribution in [0.2, 0.25) is 0 Å². The van der Waals surface area contributed by atoms with Gasteiger partial charge in [0, 0.05) is 24.5 Å². The van der Waals surface area contributed by atoms with Crippen LogP contribution in [-0.4, -0.2) is 26.2 Å². The molecule has 8 nitrogen and oxygen atoms in total. The lowest BCUT2D eigenvalue weighted by atomic mass is 10.1. The van der Waals surface area contributed by atoms with Crippen molar-refractivity contribution in [2.75, 3.05) is 5.32 Å². The SMILES string of the molecule is Cc1ccc(-c2nnc(SCc3noc(CCC(=O)Nc4ccc(F)cc4F)n3)o2)cc1. The molecule has 2 aromatic heterocycles. The number of carbonyl (C=O) groups is 1. The lowest BCUT2D eigenvalue weighted by Crippen LogP contribution is -2.13. The fraction of sp³-hybridized carbons (Fsp3) is 0.190. The minimum atomic E-state index is -0.845. The number of aryl methyl sites for hydroxylation is 2. The Bertz CT molecular complexity index is 1230. The number of amides is 1. The van der Waals surface area contributed by atoms with Crippen LogP contribution in [0, 0.1) is 18.6 Å². The molecule has 0 bridgehead atoms. The first kappa shape index (κ1) is 21.6. The molecule has 4 rings (SSSR count). The van der Waals surface area contributed by atoms with E-state index in [1.807, 2.05) is 31.2 Å².